The first-order valence-electron chi connectivity index (χ1n) is 8.44. The number of halogens is 2. The van der Waals surface area contributed by atoms with E-state index in [1.54, 1.807) is 25.3 Å². The summed E-state index contributed by atoms with van der Waals surface area (Å²) in [5.41, 5.74) is 1.49. The van der Waals surface area contributed by atoms with Gasteiger partial charge in [-0.2, -0.15) is 0 Å². The Morgan fingerprint density at radius 1 is 1.15 bits per heavy atom. The van der Waals surface area contributed by atoms with Crippen molar-refractivity contribution in [2.45, 2.75) is 13.3 Å². The molecule has 2 aromatic carbocycles. The van der Waals surface area contributed by atoms with E-state index in [-0.39, 0.29) is 11.3 Å². The normalized spacial score (nSPS) is 11.0. The van der Waals surface area contributed by atoms with Gasteiger partial charge in [0.2, 0.25) is 0 Å². The second kappa shape index (κ2) is 9.40. The average Bonchev–Trinajstić information content (AvgIpc) is 2.62. The van der Waals surface area contributed by atoms with Crippen LogP contribution in [0.5, 0.6) is 0 Å². The topological polar surface area (TPSA) is 41.6 Å². The number of hydrogen-bond acceptors (Lipinski definition) is 3. The smallest absolute Gasteiger partial charge is 0.255 e. The first-order valence-corrected chi connectivity index (χ1v) is 8.44. The van der Waals surface area contributed by atoms with Gasteiger partial charge < -0.3 is 15.0 Å². The molecule has 0 fully saturated rings. The molecule has 0 saturated carbocycles. The van der Waals surface area contributed by atoms with Gasteiger partial charge in [0.15, 0.2) is 0 Å². The van der Waals surface area contributed by atoms with Crippen molar-refractivity contribution >= 4 is 11.6 Å². The summed E-state index contributed by atoms with van der Waals surface area (Å²) in [4.78, 5) is 14.5. The Hall–Kier alpha value is -2.31. The number of likely N-dealkylation sites (N-methyl/N-ethyl adjacent to an activating group) is 1. The third kappa shape index (κ3) is 5.61. The van der Waals surface area contributed by atoms with Crippen molar-refractivity contribution in [3.63, 3.8) is 0 Å². The number of hydrogen-bond donors (Lipinski definition) is 1. The lowest BCUT2D eigenvalue weighted by Gasteiger charge is -2.16. The summed E-state index contributed by atoms with van der Waals surface area (Å²) < 4.78 is 32.3. The van der Waals surface area contributed by atoms with E-state index >= 15 is 0 Å². The molecule has 0 heterocycles. The van der Waals surface area contributed by atoms with Crippen molar-refractivity contribution in [1.29, 1.82) is 0 Å². The van der Waals surface area contributed by atoms with Crippen LogP contribution < -0.4 is 5.32 Å². The van der Waals surface area contributed by atoms with Crippen LogP contribution in [0.1, 0.15) is 21.5 Å². The first-order chi connectivity index (χ1) is 12.4. The van der Waals surface area contributed by atoms with Crippen LogP contribution in [0.25, 0.3) is 0 Å². The number of amides is 1. The molecular formula is C20H24F2N2O2. The minimum Gasteiger partial charge on any atom is -0.383 e. The average molecular weight is 362 g/mol. The monoisotopic (exact) mass is 362 g/mol. The predicted molar refractivity (Wildman–Crippen MR) is 98.6 cm³/mol. The molecule has 0 aliphatic heterocycles. The molecule has 0 bridgehead atoms. The Morgan fingerprint density at radius 2 is 1.85 bits per heavy atom. The molecule has 6 heteroatoms. The quantitative estimate of drug-likeness (QED) is 0.779. The fourth-order valence-electron chi connectivity index (χ4n) is 2.47. The van der Waals surface area contributed by atoms with Gasteiger partial charge in [0.1, 0.15) is 11.6 Å². The van der Waals surface area contributed by atoms with Crippen molar-refractivity contribution in [3.05, 3.63) is 64.7 Å². The van der Waals surface area contributed by atoms with Crippen molar-refractivity contribution in [2.75, 3.05) is 39.2 Å². The molecule has 140 valence electrons. The molecule has 0 spiro atoms. The lowest BCUT2D eigenvalue weighted by atomic mass is 10.1. The predicted octanol–water partition coefficient (Wildman–Crippen LogP) is 3.65. The van der Waals surface area contributed by atoms with E-state index < -0.39 is 17.5 Å². The van der Waals surface area contributed by atoms with Gasteiger partial charge in [-0.3, -0.25) is 4.79 Å². The molecule has 2 aromatic rings. The van der Waals surface area contributed by atoms with E-state index in [4.69, 9.17) is 4.74 Å². The van der Waals surface area contributed by atoms with Crippen molar-refractivity contribution in [1.82, 2.24) is 4.90 Å². The maximum absolute atomic E-state index is 13.6. The maximum atomic E-state index is 13.6. The molecule has 0 saturated heterocycles. The van der Waals surface area contributed by atoms with E-state index in [0.29, 0.717) is 12.2 Å². The van der Waals surface area contributed by atoms with Crippen LogP contribution in [0.2, 0.25) is 0 Å². The highest BCUT2D eigenvalue weighted by Gasteiger charge is 2.11. The number of methoxy groups -OCH3 is 1. The van der Waals surface area contributed by atoms with Gasteiger partial charge in [-0.25, -0.2) is 8.78 Å². The molecule has 1 N–H and O–H groups in total. The highest BCUT2D eigenvalue weighted by atomic mass is 19.1. The summed E-state index contributed by atoms with van der Waals surface area (Å²) in [6.07, 6.45) is 0.787. The van der Waals surface area contributed by atoms with Gasteiger partial charge >= 0.3 is 0 Å². The Morgan fingerprint density at radius 3 is 2.50 bits per heavy atom. The van der Waals surface area contributed by atoms with Crippen LogP contribution in [-0.4, -0.2) is 44.7 Å². The maximum Gasteiger partial charge on any atom is 0.255 e. The number of benzene rings is 2. The summed E-state index contributed by atoms with van der Waals surface area (Å²) in [6, 6.07) is 9.45. The fraction of sp³-hybridized carbons (Fsp3) is 0.350. The molecular weight excluding hydrogens is 338 g/mol. The van der Waals surface area contributed by atoms with E-state index in [9.17, 15) is 13.6 Å². The van der Waals surface area contributed by atoms with Gasteiger partial charge in [-0.15, -0.1) is 0 Å². The molecule has 4 nitrogen and oxygen atoms in total. The molecule has 2 rings (SSSR count). The van der Waals surface area contributed by atoms with Crippen LogP contribution in [0, 0.1) is 18.6 Å². The molecule has 26 heavy (non-hydrogen) atoms. The van der Waals surface area contributed by atoms with Crippen molar-refractivity contribution in [3.8, 4) is 0 Å². The van der Waals surface area contributed by atoms with Crippen molar-refractivity contribution in [2.24, 2.45) is 0 Å². The number of nitrogens with one attached hydrogen (secondary N) is 1. The summed E-state index contributed by atoms with van der Waals surface area (Å²) in [5, 5.41) is 2.54. The Kier molecular flexibility index (Phi) is 7.24. The molecule has 0 aliphatic carbocycles. The third-order valence-corrected chi connectivity index (χ3v) is 4.19. The van der Waals surface area contributed by atoms with Crippen LogP contribution in [-0.2, 0) is 11.2 Å². The minimum atomic E-state index is -0.687. The summed E-state index contributed by atoms with van der Waals surface area (Å²) in [6.45, 7) is 3.69. The Labute approximate surface area is 152 Å². The minimum absolute atomic E-state index is 0.0670. The second-order valence-electron chi connectivity index (χ2n) is 6.27. The number of carbonyl (C=O) groups is 1. The number of nitrogens with zero attached hydrogens (tertiary/aromatic N) is 1. The van der Waals surface area contributed by atoms with Gasteiger partial charge in [0.25, 0.3) is 5.91 Å². The second-order valence-corrected chi connectivity index (χ2v) is 6.27. The lowest BCUT2D eigenvalue weighted by molar-refractivity contribution is 0.102. The summed E-state index contributed by atoms with van der Waals surface area (Å²) in [7, 11) is 3.68. The van der Waals surface area contributed by atoms with Gasteiger partial charge in [-0.05, 0) is 50.2 Å². The molecule has 0 unspecified atom stereocenters. The summed E-state index contributed by atoms with van der Waals surface area (Å²) in [5.74, 6) is -1.77. The zero-order chi connectivity index (χ0) is 19.1. The third-order valence-electron chi connectivity index (χ3n) is 4.19. The molecule has 0 aromatic heterocycles. The Bertz CT molecular complexity index is 742. The standard InChI is InChI=1S/C20H24F2N2O2/c1-14-18(21)12-17(13-19(14)22)23-20(25)16-6-4-5-15(11-16)7-8-24(2)9-10-26-3/h4-6,11-13H,7-10H2,1-3H3,(H,23,25). The van der Waals surface area contributed by atoms with E-state index in [1.165, 1.54) is 6.92 Å². The van der Waals surface area contributed by atoms with E-state index in [2.05, 4.69) is 10.2 Å². The molecule has 1 amide bonds. The highest BCUT2D eigenvalue weighted by molar-refractivity contribution is 6.04. The largest absolute Gasteiger partial charge is 0.383 e. The van der Waals surface area contributed by atoms with Crippen LogP contribution in [0.15, 0.2) is 36.4 Å². The zero-order valence-corrected chi connectivity index (χ0v) is 15.3. The highest BCUT2D eigenvalue weighted by Crippen LogP contribution is 2.19. The number of carbonyl (C=O) groups excluding carboxylic acids is 1. The van der Waals surface area contributed by atoms with Crippen molar-refractivity contribution < 1.29 is 18.3 Å². The molecule has 0 atom stereocenters. The number of ether oxygens (including phenoxy) is 1. The van der Waals surface area contributed by atoms with E-state index in [0.717, 1.165) is 37.2 Å². The van der Waals surface area contributed by atoms with Crippen LogP contribution >= 0.6 is 0 Å². The SMILES string of the molecule is COCCN(C)CCc1cccc(C(=O)Nc2cc(F)c(C)c(F)c2)c1. The molecule has 0 aliphatic rings. The summed E-state index contributed by atoms with van der Waals surface area (Å²) >= 11 is 0. The zero-order valence-electron chi connectivity index (χ0n) is 15.3. The van der Waals surface area contributed by atoms with Gasteiger partial charge in [-0.1, -0.05) is 12.1 Å². The lowest BCUT2D eigenvalue weighted by Crippen LogP contribution is -2.25. The Balaban J connectivity index is 2.01. The van der Waals surface area contributed by atoms with Gasteiger partial charge in [0, 0.05) is 37.0 Å². The van der Waals surface area contributed by atoms with Crippen LogP contribution in [0.3, 0.4) is 0 Å². The molecule has 0 radical (unpaired) electrons. The van der Waals surface area contributed by atoms with E-state index in [1.807, 2.05) is 13.1 Å². The van der Waals surface area contributed by atoms with Crippen LogP contribution in [0.4, 0.5) is 14.5 Å². The fourth-order valence-corrected chi connectivity index (χ4v) is 2.47. The number of rotatable bonds is 8. The first kappa shape index (κ1) is 20.0. The van der Waals surface area contributed by atoms with Gasteiger partial charge in [0.05, 0.1) is 6.61 Å². The number of anilines is 1.